The van der Waals surface area contributed by atoms with Crippen molar-refractivity contribution in [3.63, 3.8) is 0 Å². The lowest BCUT2D eigenvalue weighted by Crippen LogP contribution is -1.97. The first-order valence-electron chi connectivity index (χ1n) is 6.24. The summed E-state index contributed by atoms with van der Waals surface area (Å²) in [6.07, 6.45) is 6.05. The third kappa shape index (κ3) is 2.31. The minimum absolute atomic E-state index is 1.13. The predicted octanol–water partition coefficient (Wildman–Crippen LogP) is 4.62. The van der Waals surface area contributed by atoms with Gasteiger partial charge < -0.3 is 0 Å². The molecule has 0 N–H and O–H groups in total. The van der Waals surface area contributed by atoms with Gasteiger partial charge in [0, 0.05) is 0 Å². The Bertz CT molecular complexity index is 518. The number of benzene rings is 2. The lowest BCUT2D eigenvalue weighted by atomic mass is 9.92. The Kier molecular flexibility index (Phi) is 2.79. The second kappa shape index (κ2) is 4.58. The molecule has 0 saturated carbocycles. The Morgan fingerprint density at radius 1 is 0.765 bits per heavy atom. The highest BCUT2D eigenvalue weighted by Gasteiger charge is 2.06. The Morgan fingerprint density at radius 3 is 2.00 bits per heavy atom. The summed E-state index contributed by atoms with van der Waals surface area (Å²) in [5.74, 6) is 0. The average Bonchev–Trinajstić information content (AvgIpc) is 2.36. The standard InChI is InChI=1S/C17H16/c1-2-7-16(8-3-1)17-11-9-15(10-12-17)13-14-5-4-6-14/h1-3,5,7-12H,4,6,13H2. The third-order valence-corrected chi connectivity index (χ3v) is 3.39. The molecular formula is C17H16. The summed E-state index contributed by atoms with van der Waals surface area (Å²) in [6.45, 7) is 0. The lowest BCUT2D eigenvalue weighted by Gasteiger charge is -2.14. The molecule has 0 aromatic heterocycles. The van der Waals surface area contributed by atoms with E-state index in [2.05, 4.69) is 60.7 Å². The van der Waals surface area contributed by atoms with Gasteiger partial charge in [-0.2, -0.15) is 0 Å². The topological polar surface area (TPSA) is 0 Å². The van der Waals surface area contributed by atoms with Crippen molar-refractivity contribution in [2.45, 2.75) is 19.3 Å². The average molecular weight is 220 g/mol. The van der Waals surface area contributed by atoms with Gasteiger partial charge in [-0.3, -0.25) is 0 Å². The maximum atomic E-state index is 2.35. The molecular weight excluding hydrogens is 204 g/mol. The molecule has 0 unspecified atom stereocenters. The van der Waals surface area contributed by atoms with E-state index < -0.39 is 0 Å². The third-order valence-electron chi connectivity index (χ3n) is 3.39. The molecule has 0 atom stereocenters. The predicted molar refractivity (Wildman–Crippen MR) is 72.9 cm³/mol. The van der Waals surface area contributed by atoms with Gasteiger partial charge in [-0.1, -0.05) is 66.2 Å². The molecule has 0 amide bonds. The number of hydrogen-bond acceptors (Lipinski definition) is 0. The van der Waals surface area contributed by atoms with Crippen molar-refractivity contribution < 1.29 is 0 Å². The minimum atomic E-state index is 1.13. The Morgan fingerprint density at radius 2 is 1.41 bits per heavy atom. The highest BCUT2D eigenvalue weighted by atomic mass is 14.1. The van der Waals surface area contributed by atoms with Gasteiger partial charge in [-0.15, -0.1) is 0 Å². The van der Waals surface area contributed by atoms with E-state index in [0.29, 0.717) is 0 Å². The van der Waals surface area contributed by atoms with E-state index in [9.17, 15) is 0 Å². The molecule has 84 valence electrons. The molecule has 0 heterocycles. The van der Waals surface area contributed by atoms with Crippen molar-refractivity contribution in [3.05, 3.63) is 71.8 Å². The van der Waals surface area contributed by atoms with E-state index in [1.807, 2.05) is 0 Å². The van der Waals surface area contributed by atoms with Crippen LogP contribution in [0.1, 0.15) is 18.4 Å². The molecule has 0 radical (unpaired) electrons. The van der Waals surface area contributed by atoms with Crippen molar-refractivity contribution in [1.29, 1.82) is 0 Å². The first-order chi connectivity index (χ1) is 8.42. The van der Waals surface area contributed by atoms with Crippen LogP contribution in [-0.2, 0) is 6.42 Å². The van der Waals surface area contributed by atoms with Crippen LogP contribution in [-0.4, -0.2) is 0 Å². The second-order valence-corrected chi connectivity index (χ2v) is 4.64. The first kappa shape index (κ1) is 10.3. The maximum absolute atomic E-state index is 2.35. The van der Waals surface area contributed by atoms with Crippen LogP contribution >= 0.6 is 0 Å². The molecule has 0 heteroatoms. The first-order valence-corrected chi connectivity index (χ1v) is 6.24. The summed E-state index contributed by atoms with van der Waals surface area (Å²) in [7, 11) is 0. The van der Waals surface area contributed by atoms with Gasteiger partial charge in [0.25, 0.3) is 0 Å². The van der Waals surface area contributed by atoms with Gasteiger partial charge in [0.2, 0.25) is 0 Å². The van der Waals surface area contributed by atoms with Crippen LogP contribution in [0.3, 0.4) is 0 Å². The molecule has 0 nitrogen and oxygen atoms in total. The van der Waals surface area contributed by atoms with Crippen LogP contribution < -0.4 is 0 Å². The number of allylic oxidation sites excluding steroid dienone is 2. The molecule has 2 aromatic rings. The van der Waals surface area contributed by atoms with Crippen LogP contribution in [0.2, 0.25) is 0 Å². The fourth-order valence-corrected chi connectivity index (χ4v) is 2.22. The molecule has 2 aromatic carbocycles. The lowest BCUT2D eigenvalue weighted by molar-refractivity contribution is 0.830. The molecule has 17 heavy (non-hydrogen) atoms. The minimum Gasteiger partial charge on any atom is -0.0847 e. The van der Waals surface area contributed by atoms with Crippen molar-refractivity contribution in [2.24, 2.45) is 0 Å². The van der Waals surface area contributed by atoms with Gasteiger partial charge in [-0.05, 0) is 36.0 Å². The van der Waals surface area contributed by atoms with E-state index in [1.165, 1.54) is 29.5 Å². The van der Waals surface area contributed by atoms with E-state index in [4.69, 9.17) is 0 Å². The van der Waals surface area contributed by atoms with Crippen LogP contribution in [0.15, 0.2) is 66.2 Å². The SMILES string of the molecule is C1=C(Cc2ccc(-c3ccccc3)cc2)CC1. The molecule has 3 rings (SSSR count). The van der Waals surface area contributed by atoms with Gasteiger partial charge in [0.05, 0.1) is 0 Å². The highest BCUT2D eigenvalue weighted by Crippen LogP contribution is 2.24. The van der Waals surface area contributed by atoms with Crippen LogP contribution in [0, 0.1) is 0 Å². The zero-order chi connectivity index (χ0) is 11.5. The molecule has 0 saturated heterocycles. The maximum Gasteiger partial charge on any atom is -0.00670 e. The largest absolute Gasteiger partial charge is 0.0847 e. The summed E-state index contributed by atoms with van der Waals surface area (Å²) in [5, 5.41) is 0. The van der Waals surface area contributed by atoms with Crippen LogP contribution in [0.25, 0.3) is 11.1 Å². The molecule has 0 aliphatic heterocycles. The normalized spacial score (nSPS) is 14.0. The Hall–Kier alpha value is -1.82. The fraction of sp³-hybridized carbons (Fsp3) is 0.176. The summed E-state index contributed by atoms with van der Waals surface area (Å²) >= 11 is 0. The summed E-state index contributed by atoms with van der Waals surface area (Å²) in [5.41, 5.74) is 5.62. The van der Waals surface area contributed by atoms with Gasteiger partial charge in [-0.25, -0.2) is 0 Å². The van der Waals surface area contributed by atoms with Gasteiger partial charge in [0.1, 0.15) is 0 Å². The summed E-state index contributed by atoms with van der Waals surface area (Å²) < 4.78 is 0. The number of hydrogen-bond donors (Lipinski definition) is 0. The van der Waals surface area contributed by atoms with Gasteiger partial charge in [0.15, 0.2) is 0 Å². The van der Waals surface area contributed by atoms with Crippen molar-refractivity contribution in [2.75, 3.05) is 0 Å². The number of rotatable bonds is 3. The van der Waals surface area contributed by atoms with Crippen LogP contribution in [0.4, 0.5) is 0 Å². The summed E-state index contributed by atoms with van der Waals surface area (Å²) in [6, 6.07) is 19.5. The van der Waals surface area contributed by atoms with E-state index in [-0.39, 0.29) is 0 Å². The smallest absolute Gasteiger partial charge is 0.00670 e. The zero-order valence-electron chi connectivity index (χ0n) is 9.89. The molecule has 0 fully saturated rings. The Balaban J connectivity index is 1.80. The van der Waals surface area contributed by atoms with E-state index in [1.54, 1.807) is 5.57 Å². The van der Waals surface area contributed by atoms with E-state index in [0.717, 1.165) is 6.42 Å². The van der Waals surface area contributed by atoms with Crippen molar-refractivity contribution in [1.82, 2.24) is 0 Å². The summed E-state index contributed by atoms with van der Waals surface area (Å²) in [4.78, 5) is 0. The molecule has 1 aliphatic rings. The quantitative estimate of drug-likeness (QED) is 0.662. The van der Waals surface area contributed by atoms with Crippen molar-refractivity contribution in [3.8, 4) is 11.1 Å². The van der Waals surface area contributed by atoms with Crippen LogP contribution in [0.5, 0.6) is 0 Å². The monoisotopic (exact) mass is 220 g/mol. The Labute approximate surface area is 103 Å². The molecule has 1 aliphatic carbocycles. The zero-order valence-corrected chi connectivity index (χ0v) is 9.89. The highest BCUT2D eigenvalue weighted by molar-refractivity contribution is 5.63. The van der Waals surface area contributed by atoms with Crippen molar-refractivity contribution >= 4 is 0 Å². The molecule has 0 bridgehead atoms. The fourth-order valence-electron chi connectivity index (χ4n) is 2.22. The molecule has 0 spiro atoms. The second-order valence-electron chi connectivity index (χ2n) is 4.64. The van der Waals surface area contributed by atoms with E-state index >= 15 is 0 Å². The van der Waals surface area contributed by atoms with Gasteiger partial charge >= 0.3 is 0 Å².